The second-order valence-electron chi connectivity index (χ2n) is 6.66. The number of hydrogen-bond acceptors (Lipinski definition) is 3. The Hall–Kier alpha value is -3.52. The standard InChI is InChI=1S/C22H15ClF3N3O2/c23-16-6-8-17(9-7-16)29-19(12-18(28-29)20-5-2-10-31-20)21(30)27-13-14-3-1-4-15(11-14)22(24,25)26/h1-12H,13H2,(H,27,30). The molecule has 2 heterocycles. The van der Waals surface area contributed by atoms with Crippen molar-refractivity contribution in [2.75, 3.05) is 0 Å². The highest BCUT2D eigenvalue weighted by molar-refractivity contribution is 6.30. The van der Waals surface area contributed by atoms with E-state index in [1.807, 2.05) is 0 Å². The number of benzene rings is 2. The fraction of sp³-hybridized carbons (Fsp3) is 0.0909. The number of hydrogen-bond donors (Lipinski definition) is 1. The molecule has 2 aromatic heterocycles. The van der Waals surface area contributed by atoms with Crippen molar-refractivity contribution in [1.29, 1.82) is 0 Å². The lowest BCUT2D eigenvalue weighted by molar-refractivity contribution is -0.137. The molecule has 1 N–H and O–H groups in total. The molecule has 158 valence electrons. The number of aromatic nitrogens is 2. The van der Waals surface area contributed by atoms with Crippen molar-refractivity contribution in [1.82, 2.24) is 15.1 Å². The molecule has 0 saturated heterocycles. The molecule has 0 aliphatic carbocycles. The van der Waals surface area contributed by atoms with Gasteiger partial charge >= 0.3 is 6.18 Å². The van der Waals surface area contributed by atoms with Gasteiger partial charge in [-0.1, -0.05) is 23.7 Å². The predicted molar refractivity (Wildman–Crippen MR) is 109 cm³/mol. The molecule has 1 amide bonds. The first-order valence-electron chi connectivity index (χ1n) is 9.15. The maximum atomic E-state index is 12.9. The van der Waals surface area contributed by atoms with Crippen LogP contribution in [0.5, 0.6) is 0 Å². The van der Waals surface area contributed by atoms with Gasteiger partial charge in [0.2, 0.25) is 0 Å². The summed E-state index contributed by atoms with van der Waals surface area (Å²) in [6.45, 7) is -0.0787. The zero-order valence-corrected chi connectivity index (χ0v) is 16.6. The summed E-state index contributed by atoms with van der Waals surface area (Å²) >= 11 is 5.95. The molecule has 0 atom stereocenters. The van der Waals surface area contributed by atoms with Crippen molar-refractivity contribution in [3.63, 3.8) is 0 Å². The van der Waals surface area contributed by atoms with Gasteiger partial charge in [0.15, 0.2) is 5.76 Å². The largest absolute Gasteiger partial charge is 0.463 e. The van der Waals surface area contributed by atoms with Crippen LogP contribution in [0.2, 0.25) is 5.02 Å². The molecule has 31 heavy (non-hydrogen) atoms. The fourth-order valence-corrected chi connectivity index (χ4v) is 3.12. The maximum Gasteiger partial charge on any atom is 0.416 e. The molecular formula is C22H15ClF3N3O2. The number of nitrogens with zero attached hydrogens (tertiary/aromatic N) is 2. The molecule has 0 bridgehead atoms. The van der Waals surface area contributed by atoms with E-state index in [0.717, 1.165) is 12.1 Å². The number of carbonyl (C=O) groups is 1. The van der Waals surface area contributed by atoms with Crippen LogP contribution in [0.15, 0.2) is 77.4 Å². The van der Waals surface area contributed by atoms with Crippen molar-refractivity contribution < 1.29 is 22.4 Å². The first-order valence-corrected chi connectivity index (χ1v) is 9.53. The van der Waals surface area contributed by atoms with Crippen molar-refractivity contribution in [2.24, 2.45) is 0 Å². The Balaban J connectivity index is 1.62. The summed E-state index contributed by atoms with van der Waals surface area (Å²) < 4.78 is 45.6. The van der Waals surface area contributed by atoms with Gasteiger partial charge in [0.05, 0.1) is 17.5 Å². The van der Waals surface area contributed by atoms with Crippen molar-refractivity contribution in [2.45, 2.75) is 12.7 Å². The van der Waals surface area contributed by atoms with Crippen molar-refractivity contribution in [3.8, 4) is 17.1 Å². The molecule has 4 rings (SSSR count). The zero-order chi connectivity index (χ0) is 22.0. The van der Waals surface area contributed by atoms with Gasteiger partial charge in [-0.05, 0) is 54.1 Å². The molecule has 9 heteroatoms. The van der Waals surface area contributed by atoms with Crippen molar-refractivity contribution >= 4 is 17.5 Å². The number of furan rings is 1. The number of alkyl halides is 3. The molecule has 0 fully saturated rings. The second kappa shape index (κ2) is 8.31. The third-order valence-corrected chi connectivity index (χ3v) is 4.75. The Morgan fingerprint density at radius 3 is 2.52 bits per heavy atom. The van der Waals surface area contributed by atoms with Gasteiger partial charge in [-0.25, -0.2) is 4.68 Å². The number of carbonyl (C=O) groups excluding carboxylic acids is 1. The predicted octanol–water partition coefficient (Wildman–Crippen LogP) is 5.73. The Kier molecular flexibility index (Phi) is 5.56. The quantitative estimate of drug-likeness (QED) is 0.426. The monoisotopic (exact) mass is 445 g/mol. The summed E-state index contributed by atoms with van der Waals surface area (Å²) in [6.07, 6.45) is -2.96. The smallest absolute Gasteiger partial charge is 0.416 e. The third kappa shape index (κ3) is 4.64. The molecule has 5 nitrogen and oxygen atoms in total. The van der Waals surface area contributed by atoms with Crippen LogP contribution >= 0.6 is 11.6 Å². The summed E-state index contributed by atoms with van der Waals surface area (Å²) in [5.74, 6) is -0.0303. The Morgan fingerprint density at radius 2 is 1.84 bits per heavy atom. The average Bonchev–Trinajstić information content (AvgIpc) is 3.42. The molecule has 4 aromatic rings. The van der Waals surface area contributed by atoms with Crippen LogP contribution in [-0.4, -0.2) is 15.7 Å². The highest BCUT2D eigenvalue weighted by Crippen LogP contribution is 2.29. The Morgan fingerprint density at radius 1 is 1.06 bits per heavy atom. The van der Waals surface area contributed by atoms with Gasteiger partial charge in [-0.2, -0.15) is 18.3 Å². The maximum absolute atomic E-state index is 12.9. The van der Waals surface area contributed by atoms with E-state index >= 15 is 0 Å². The molecule has 0 saturated carbocycles. The van der Waals surface area contributed by atoms with Crippen LogP contribution < -0.4 is 5.32 Å². The number of halogens is 4. The molecule has 0 aliphatic heterocycles. The van der Waals surface area contributed by atoms with Crippen LogP contribution in [0.4, 0.5) is 13.2 Å². The zero-order valence-electron chi connectivity index (χ0n) is 15.9. The lowest BCUT2D eigenvalue weighted by Crippen LogP contribution is -2.25. The van der Waals surface area contributed by atoms with Crippen LogP contribution in [0.1, 0.15) is 21.6 Å². The minimum absolute atomic E-state index is 0.0787. The van der Waals surface area contributed by atoms with Crippen LogP contribution in [0, 0.1) is 0 Å². The molecular weight excluding hydrogens is 431 g/mol. The lowest BCUT2D eigenvalue weighted by atomic mass is 10.1. The van der Waals surface area contributed by atoms with Crippen LogP contribution in [0.3, 0.4) is 0 Å². The van der Waals surface area contributed by atoms with Gasteiger partial charge in [0, 0.05) is 17.6 Å². The van der Waals surface area contributed by atoms with Gasteiger partial charge in [-0.3, -0.25) is 4.79 Å². The summed E-state index contributed by atoms with van der Waals surface area (Å²) in [4.78, 5) is 12.9. The highest BCUT2D eigenvalue weighted by atomic mass is 35.5. The summed E-state index contributed by atoms with van der Waals surface area (Å²) in [6, 6.07) is 16.5. The molecule has 0 spiro atoms. The Bertz CT molecular complexity index is 1200. The van der Waals surface area contributed by atoms with Gasteiger partial charge in [0.1, 0.15) is 11.4 Å². The fourth-order valence-electron chi connectivity index (χ4n) is 3.00. The highest BCUT2D eigenvalue weighted by Gasteiger charge is 2.30. The van der Waals surface area contributed by atoms with E-state index in [4.69, 9.17) is 16.0 Å². The van der Waals surface area contributed by atoms with E-state index in [2.05, 4.69) is 10.4 Å². The minimum Gasteiger partial charge on any atom is -0.463 e. The second-order valence-corrected chi connectivity index (χ2v) is 7.10. The van der Waals surface area contributed by atoms with Crippen LogP contribution in [-0.2, 0) is 12.7 Å². The number of nitrogens with one attached hydrogen (secondary N) is 1. The average molecular weight is 446 g/mol. The van der Waals surface area contributed by atoms with E-state index in [1.54, 1.807) is 42.5 Å². The third-order valence-electron chi connectivity index (χ3n) is 4.49. The molecule has 0 radical (unpaired) electrons. The van der Waals surface area contributed by atoms with E-state index in [0.29, 0.717) is 27.7 Å². The van der Waals surface area contributed by atoms with E-state index < -0.39 is 17.6 Å². The molecule has 0 unspecified atom stereocenters. The summed E-state index contributed by atoms with van der Waals surface area (Å²) in [5, 5.41) is 7.62. The van der Waals surface area contributed by atoms with E-state index in [-0.39, 0.29) is 12.2 Å². The minimum atomic E-state index is -4.45. The van der Waals surface area contributed by atoms with E-state index in [9.17, 15) is 18.0 Å². The SMILES string of the molecule is O=C(NCc1cccc(C(F)(F)F)c1)c1cc(-c2ccco2)nn1-c1ccc(Cl)cc1. The summed E-state index contributed by atoms with van der Waals surface area (Å²) in [7, 11) is 0. The van der Waals surface area contributed by atoms with Crippen molar-refractivity contribution in [3.05, 3.63) is 94.8 Å². The van der Waals surface area contributed by atoms with Gasteiger partial charge < -0.3 is 9.73 Å². The number of amides is 1. The molecule has 0 aliphatic rings. The normalized spacial score (nSPS) is 11.5. The Labute approximate surface area is 180 Å². The first-order chi connectivity index (χ1) is 14.8. The topological polar surface area (TPSA) is 60.1 Å². The van der Waals surface area contributed by atoms with Gasteiger partial charge in [-0.15, -0.1) is 0 Å². The van der Waals surface area contributed by atoms with Crippen LogP contribution in [0.25, 0.3) is 17.1 Å². The molecule has 2 aromatic carbocycles. The van der Waals surface area contributed by atoms with E-state index in [1.165, 1.54) is 23.1 Å². The lowest BCUT2D eigenvalue weighted by Gasteiger charge is -2.10. The first kappa shape index (κ1) is 20.7. The van der Waals surface area contributed by atoms with Gasteiger partial charge in [0.25, 0.3) is 5.91 Å². The summed E-state index contributed by atoms with van der Waals surface area (Å²) in [5.41, 5.74) is 0.772. The number of rotatable bonds is 5.